The summed E-state index contributed by atoms with van der Waals surface area (Å²) in [6.07, 6.45) is 1.06. The van der Waals surface area contributed by atoms with Gasteiger partial charge in [0.2, 0.25) is 0 Å². The zero-order valence-corrected chi connectivity index (χ0v) is 18.1. The largest absolute Gasteiger partial charge is 0.484 e. The number of para-hydroxylation sites is 2. The Balaban J connectivity index is 1.33. The van der Waals surface area contributed by atoms with Crippen LogP contribution in [0.3, 0.4) is 0 Å². The van der Waals surface area contributed by atoms with Crippen LogP contribution in [0.25, 0.3) is 22.4 Å². The van der Waals surface area contributed by atoms with Crippen LogP contribution in [-0.4, -0.2) is 22.5 Å². The molecule has 0 unspecified atom stereocenters. The van der Waals surface area contributed by atoms with E-state index in [9.17, 15) is 4.79 Å². The number of ether oxygens (including phenoxy) is 1. The van der Waals surface area contributed by atoms with E-state index in [2.05, 4.69) is 48.2 Å². The number of fused-ring (bicyclic) bond motifs is 1. The van der Waals surface area contributed by atoms with E-state index in [1.807, 2.05) is 60.7 Å². The summed E-state index contributed by atoms with van der Waals surface area (Å²) in [5.74, 6) is 1.29. The van der Waals surface area contributed by atoms with Gasteiger partial charge in [0, 0.05) is 11.3 Å². The van der Waals surface area contributed by atoms with Crippen molar-refractivity contribution in [1.29, 1.82) is 0 Å². The van der Waals surface area contributed by atoms with Crippen LogP contribution < -0.4 is 10.1 Å². The summed E-state index contributed by atoms with van der Waals surface area (Å²) < 4.78 is 5.64. The molecule has 2 N–H and O–H groups in total. The quantitative estimate of drug-likeness (QED) is 0.394. The zero-order valence-electron chi connectivity index (χ0n) is 18.1. The fourth-order valence-electron chi connectivity index (χ4n) is 3.35. The Morgan fingerprint density at radius 1 is 1.00 bits per heavy atom. The maximum absolute atomic E-state index is 12.3. The smallest absolute Gasteiger partial charge is 0.262 e. The van der Waals surface area contributed by atoms with Crippen LogP contribution in [-0.2, 0) is 10.2 Å². The Morgan fingerprint density at radius 3 is 2.39 bits per heavy atom. The van der Waals surface area contributed by atoms with Crippen molar-refractivity contribution in [3.05, 3.63) is 78.4 Å². The van der Waals surface area contributed by atoms with Gasteiger partial charge in [0.05, 0.1) is 11.0 Å². The standard InChI is InChI=1S/C26H27N3O2/c1-4-26(2,3)19-11-15-21(16-12-19)31-17-24(30)27-20-13-9-18(10-14-20)25-28-22-7-5-6-8-23(22)29-25/h5-16H,4,17H2,1-3H3,(H,27,30)(H,28,29). The molecule has 0 radical (unpaired) electrons. The molecule has 31 heavy (non-hydrogen) atoms. The maximum atomic E-state index is 12.3. The maximum Gasteiger partial charge on any atom is 0.262 e. The molecule has 0 atom stereocenters. The molecule has 1 aromatic heterocycles. The van der Waals surface area contributed by atoms with E-state index in [4.69, 9.17) is 4.74 Å². The number of carbonyl (C=O) groups excluding carboxylic acids is 1. The Morgan fingerprint density at radius 2 is 1.71 bits per heavy atom. The molecular weight excluding hydrogens is 386 g/mol. The molecule has 4 rings (SSSR count). The molecule has 0 fully saturated rings. The van der Waals surface area contributed by atoms with Crippen molar-refractivity contribution in [2.24, 2.45) is 0 Å². The van der Waals surface area contributed by atoms with Gasteiger partial charge in [0.1, 0.15) is 11.6 Å². The number of imidazole rings is 1. The molecule has 0 saturated carbocycles. The lowest BCUT2D eigenvalue weighted by Crippen LogP contribution is -2.20. The van der Waals surface area contributed by atoms with E-state index >= 15 is 0 Å². The predicted octanol–water partition coefficient (Wildman–Crippen LogP) is 5.94. The minimum absolute atomic E-state index is 0.0398. The van der Waals surface area contributed by atoms with E-state index in [0.29, 0.717) is 11.4 Å². The molecule has 1 heterocycles. The highest BCUT2D eigenvalue weighted by Crippen LogP contribution is 2.28. The van der Waals surface area contributed by atoms with E-state index in [1.54, 1.807) is 0 Å². The van der Waals surface area contributed by atoms with E-state index in [1.165, 1.54) is 5.56 Å². The number of nitrogens with zero attached hydrogens (tertiary/aromatic N) is 1. The average molecular weight is 414 g/mol. The summed E-state index contributed by atoms with van der Waals surface area (Å²) >= 11 is 0. The highest BCUT2D eigenvalue weighted by Gasteiger charge is 2.17. The minimum atomic E-state index is -0.200. The summed E-state index contributed by atoms with van der Waals surface area (Å²) in [6.45, 7) is 6.57. The van der Waals surface area contributed by atoms with E-state index in [-0.39, 0.29) is 17.9 Å². The van der Waals surface area contributed by atoms with Crippen LogP contribution in [0.4, 0.5) is 5.69 Å². The van der Waals surface area contributed by atoms with Crippen molar-refractivity contribution in [3.63, 3.8) is 0 Å². The lowest BCUT2D eigenvalue weighted by Gasteiger charge is -2.23. The highest BCUT2D eigenvalue weighted by atomic mass is 16.5. The van der Waals surface area contributed by atoms with Gasteiger partial charge < -0.3 is 15.0 Å². The van der Waals surface area contributed by atoms with Crippen LogP contribution in [0, 0.1) is 0 Å². The summed E-state index contributed by atoms with van der Waals surface area (Å²) in [5.41, 5.74) is 4.99. The summed E-state index contributed by atoms with van der Waals surface area (Å²) in [4.78, 5) is 20.2. The number of rotatable bonds is 7. The molecule has 0 aliphatic carbocycles. The Labute approximate surface area is 182 Å². The average Bonchev–Trinajstić information content (AvgIpc) is 3.23. The van der Waals surface area contributed by atoms with Gasteiger partial charge in [-0.2, -0.15) is 0 Å². The first-order chi connectivity index (χ1) is 14.9. The van der Waals surface area contributed by atoms with Gasteiger partial charge in [-0.3, -0.25) is 4.79 Å². The first-order valence-corrected chi connectivity index (χ1v) is 10.5. The Kier molecular flexibility index (Phi) is 5.76. The van der Waals surface area contributed by atoms with Crippen LogP contribution in [0.2, 0.25) is 0 Å². The molecular formula is C26H27N3O2. The molecule has 0 saturated heterocycles. The third-order valence-corrected chi connectivity index (χ3v) is 5.72. The second kappa shape index (κ2) is 8.64. The molecule has 0 bridgehead atoms. The van der Waals surface area contributed by atoms with Crippen molar-refractivity contribution >= 4 is 22.6 Å². The van der Waals surface area contributed by atoms with Gasteiger partial charge in [-0.15, -0.1) is 0 Å². The molecule has 5 nitrogen and oxygen atoms in total. The van der Waals surface area contributed by atoms with Gasteiger partial charge in [0.15, 0.2) is 6.61 Å². The van der Waals surface area contributed by atoms with Crippen molar-refractivity contribution < 1.29 is 9.53 Å². The highest BCUT2D eigenvalue weighted by molar-refractivity contribution is 5.92. The third-order valence-electron chi connectivity index (χ3n) is 5.72. The number of aromatic amines is 1. The Hall–Kier alpha value is -3.60. The van der Waals surface area contributed by atoms with Crippen LogP contribution in [0.1, 0.15) is 32.8 Å². The number of anilines is 1. The number of H-pyrrole nitrogens is 1. The molecule has 5 heteroatoms. The van der Waals surface area contributed by atoms with Crippen LogP contribution in [0.15, 0.2) is 72.8 Å². The van der Waals surface area contributed by atoms with Gasteiger partial charge in [-0.05, 0) is 65.9 Å². The molecule has 4 aromatic rings. The topological polar surface area (TPSA) is 67.0 Å². The molecule has 0 aliphatic heterocycles. The normalized spacial score (nSPS) is 11.5. The SMILES string of the molecule is CCC(C)(C)c1ccc(OCC(=O)Nc2ccc(-c3nc4ccccc4[nH]3)cc2)cc1. The van der Waals surface area contributed by atoms with Crippen molar-refractivity contribution in [2.75, 3.05) is 11.9 Å². The molecule has 0 aliphatic rings. The number of nitrogens with one attached hydrogen (secondary N) is 2. The van der Waals surface area contributed by atoms with Crippen LogP contribution in [0.5, 0.6) is 5.75 Å². The van der Waals surface area contributed by atoms with Crippen molar-refractivity contribution in [2.45, 2.75) is 32.6 Å². The van der Waals surface area contributed by atoms with E-state index in [0.717, 1.165) is 28.8 Å². The zero-order chi connectivity index (χ0) is 21.8. The lowest BCUT2D eigenvalue weighted by atomic mass is 9.82. The van der Waals surface area contributed by atoms with E-state index < -0.39 is 0 Å². The molecule has 0 spiro atoms. The van der Waals surface area contributed by atoms with Gasteiger partial charge in [0.25, 0.3) is 5.91 Å². The molecule has 3 aromatic carbocycles. The Bertz CT molecular complexity index is 1140. The lowest BCUT2D eigenvalue weighted by molar-refractivity contribution is -0.118. The van der Waals surface area contributed by atoms with Gasteiger partial charge >= 0.3 is 0 Å². The first kappa shape index (κ1) is 20.7. The number of carbonyl (C=O) groups is 1. The molecule has 158 valence electrons. The number of hydrogen-bond acceptors (Lipinski definition) is 3. The number of amides is 1. The number of benzene rings is 3. The molecule has 1 amide bonds. The summed E-state index contributed by atoms with van der Waals surface area (Å²) in [5, 5.41) is 2.87. The minimum Gasteiger partial charge on any atom is -0.484 e. The summed E-state index contributed by atoms with van der Waals surface area (Å²) in [7, 11) is 0. The first-order valence-electron chi connectivity index (χ1n) is 10.5. The summed E-state index contributed by atoms with van der Waals surface area (Å²) in [6, 6.07) is 23.5. The third kappa shape index (κ3) is 4.77. The van der Waals surface area contributed by atoms with Gasteiger partial charge in [-0.1, -0.05) is 45.0 Å². The van der Waals surface area contributed by atoms with Crippen molar-refractivity contribution in [1.82, 2.24) is 9.97 Å². The number of aromatic nitrogens is 2. The number of hydrogen-bond donors (Lipinski definition) is 2. The van der Waals surface area contributed by atoms with Gasteiger partial charge in [-0.25, -0.2) is 4.98 Å². The van der Waals surface area contributed by atoms with Crippen molar-refractivity contribution in [3.8, 4) is 17.1 Å². The fourth-order valence-corrected chi connectivity index (χ4v) is 3.35. The predicted molar refractivity (Wildman–Crippen MR) is 125 cm³/mol. The second-order valence-electron chi connectivity index (χ2n) is 8.28. The monoisotopic (exact) mass is 413 g/mol. The second-order valence-corrected chi connectivity index (χ2v) is 8.28. The fraction of sp³-hybridized carbons (Fsp3) is 0.231. The van der Waals surface area contributed by atoms with Crippen LogP contribution >= 0.6 is 0 Å².